The Balaban J connectivity index is 2.36. The summed E-state index contributed by atoms with van der Waals surface area (Å²) in [5.74, 6) is 0. The number of nitrogens with zero attached hydrogens (tertiary/aromatic N) is 6. The third-order valence-electron chi connectivity index (χ3n) is 3.31. The van der Waals surface area contributed by atoms with E-state index in [9.17, 15) is 10.5 Å². The molecule has 0 bridgehead atoms. The van der Waals surface area contributed by atoms with E-state index in [1.165, 1.54) is 0 Å². The zero-order valence-electron chi connectivity index (χ0n) is 12.3. The molecule has 0 aromatic carbocycles. The van der Waals surface area contributed by atoms with E-state index in [0.717, 1.165) is 5.69 Å². The lowest BCUT2D eigenvalue weighted by atomic mass is 10.1. The lowest BCUT2D eigenvalue weighted by molar-refractivity contribution is -0.660. The van der Waals surface area contributed by atoms with Crippen LogP contribution in [0.15, 0.2) is 48.8 Å². The zero-order chi connectivity index (χ0) is 16.2. The van der Waals surface area contributed by atoms with E-state index in [0.29, 0.717) is 17.1 Å². The molecule has 6 nitrogen and oxygen atoms in total. The summed E-state index contributed by atoms with van der Waals surface area (Å²) in [5.41, 5.74) is 2.37. The molecule has 3 rings (SSSR count). The molecule has 0 spiro atoms. The van der Waals surface area contributed by atoms with Crippen molar-refractivity contribution in [1.29, 1.82) is 10.5 Å². The van der Waals surface area contributed by atoms with Crippen LogP contribution in [0.4, 0.5) is 0 Å². The van der Waals surface area contributed by atoms with Crippen LogP contribution in [0.25, 0.3) is 22.8 Å². The highest BCUT2D eigenvalue weighted by molar-refractivity contribution is 5.73. The minimum absolute atomic E-state index is 0.00418. The van der Waals surface area contributed by atoms with Crippen LogP contribution in [0.1, 0.15) is 11.4 Å². The number of hydrogen-bond acceptors (Lipinski definition) is 5. The van der Waals surface area contributed by atoms with Gasteiger partial charge >= 0.3 is 0 Å². The van der Waals surface area contributed by atoms with Crippen LogP contribution < -0.4 is 4.57 Å². The molecule has 3 heterocycles. The van der Waals surface area contributed by atoms with Gasteiger partial charge in [0, 0.05) is 18.3 Å². The third kappa shape index (κ3) is 2.61. The molecule has 0 saturated heterocycles. The quantitative estimate of drug-likeness (QED) is 0.673. The maximum Gasteiger partial charge on any atom is 0.233 e. The Morgan fingerprint density at radius 1 is 0.913 bits per heavy atom. The van der Waals surface area contributed by atoms with Crippen LogP contribution in [0.3, 0.4) is 0 Å². The molecule has 3 aromatic heterocycles. The van der Waals surface area contributed by atoms with Crippen molar-refractivity contribution in [1.82, 2.24) is 15.0 Å². The summed E-state index contributed by atoms with van der Waals surface area (Å²) in [6.45, 7) is 0. The van der Waals surface area contributed by atoms with Gasteiger partial charge in [-0.1, -0.05) is 6.07 Å². The van der Waals surface area contributed by atoms with Gasteiger partial charge in [0.2, 0.25) is 5.69 Å². The van der Waals surface area contributed by atoms with Crippen molar-refractivity contribution < 1.29 is 4.57 Å². The molecule has 0 unspecified atom stereocenters. The second-order valence-electron chi connectivity index (χ2n) is 4.75. The van der Waals surface area contributed by atoms with E-state index in [1.54, 1.807) is 18.3 Å². The fraction of sp³-hybridized carbons (Fsp3) is 0.0588. The van der Waals surface area contributed by atoms with Gasteiger partial charge in [0.25, 0.3) is 0 Å². The Kier molecular flexibility index (Phi) is 3.73. The van der Waals surface area contributed by atoms with Crippen LogP contribution >= 0.6 is 0 Å². The molecule has 0 radical (unpaired) electrons. The number of aromatic nitrogens is 4. The Morgan fingerprint density at radius 3 is 2.22 bits per heavy atom. The third-order valence-corrected chi connectivity index (χ3v) is 3.31. The van der Waals surface area contributed by atoms with Gasteiger partial charge in [0.15, 0.2) is 23.3 Å². The molecular weight excluding hydrogens is 288 g/mol. The van der Waals surface area contributed by atoms with Crippen molar-refractivity contribution in [3.63, 3.8) is 0 Å². The Hall–Kier alpha value is -3.64. The van der Waals surface area contributed by atoms with E-state index in [2.05, 4.69) is 15.0 Å². The van der Waals surface area contributed by atoms with Gasteiger partial charge in [-0.2, -0.15) is 15.1 Å². The maximum atomic E-state index is 9.23. The fourth-order valence-electron chi connectivity index (χ4n) is 2.22. The van der Waals surface area contributed by atoms with Gasteiger partial charge in [-0.25, -0.2) is 9.97 Å². The smallest absolute Gasteiger partial charge is 0.233 e. The lowest BCUT2D eigenvalue weighted by Gasteiger charge is -2.07. The largest absolute Gasteiger partial charge is 0.255 e. The van der Waals surface area contributed by atoms with Gasteiger partial charge in [0.1, 0.15) is 24.9 Å². The molecule has 0 atom stereocenters. The van der Waals surface area contributed by atoms with Crippen molar-refractivity contribution in [2.45, 2.75) is 0 Å². The average molecular weight is 299 g/mol. The van der Waals surface area contributed by atoms with Crippen LogP contribution in [-0.4, -0.2) is 15.0 Å². The number of aryl methyl sites for hydroxylation is 1. The second kappa shape index (κ2) is 6.00. The minimum atomic E-state index is -0.00418. The summed E-state index contributed by atoms with van der Waals surface area (Å²) in [7, 11) is 1.88. The molecule has 0 aliphatic heterocycles. The number of rotatable bonds is 2. The summed E-state index contributed by atoms with van der Waals surface area (Å²) in [5, 5.41) is 18.4. The first kappa shape index (κ1) is 14.3. The molecule has 0 fully saturated rings. The molecular formula is C17H11N6+. The van der Waals surface area contributed by atoms with Crippen molar-refractivity contribution in [2.24, 2.45) is 7.05 Å². The molecule has 0 N–H and O–H groups in total. The highest BCUT2D eigenvalue weighted by atomic mass is 15.0. The number of hydrogen-bond donors (Lipinski definition) is 0. The number of pyridine rings is 2. The second-order valence-corrected chi connectivity index (χ2v) is 4.75. The van der Waals surface area contributed by atoms with Gasteiger partial charge < -0.3 is 0 Å². The highest BCUT2D eigenvalue weighted by Gasteiger charge is 2.22. The van der Waals surface area contributed by atoms with Crippen molar-refractivity contribution in [3.05, 3.63) is 60.2 Å². The van der Waals surface area contributed by atoms with Crippen LogP contribution in [0.2, 0.25) is 0 Å². The van der Waals surface area contributed by atoms with Gasteiger partial charge in [0.05, 0.1) is 5.69 Å². The van der Waals surface area contributed by atoms with Gasteiger partial charge in [-0.05, 0) is 18.2 Å². The highest BCUT2D eigenvalue weighted by Crippen LogP contribution is 2.26. The molecule has 23 heavy (non-hydrogen) atoms. The van der Waals surface area contributed by atoms with E-state index in [1.807, 2.05) is 54.2 Å². The SMILES string of the molecule is C[n+]1ccccc1-c1nc(C#N)c(C#N)nc1-c1ccccn1. The summed E-state index contributed by atoms with van der Waals surface area (Å²) in [6.07, 6.45) is 3.53. The fourth-order valence-corrected chi connectivity index (χ4v) is 2.22. The normalized spacial score (nSPS) is 9.87. The average Bonchev–Trinajstić information content (AvgIpc) is 2.62. The van der Waals surface area contributed by atoms with Crippen molar-refractivity contribution in [3.8, 4) is 34.9 Å². The topological polar surface area (TPSA) is 90.1 Å². The molecule has 3 aromatic rings. The van der Waals surface area contributed by atoms with Crippen molar-refractivity contribution >= 4 is 0 Å². The summed E-state index contributed by atoms with van der Waals surface area (Å²) < 4.78 is 1.88. The first-order valence-corrected chi connectivity index (χ1v) is 6.83. The molecule has 0 aliphatic rings. The van der Waals surface area contributed by atoms with E-state index in [4.69, 9.17) is 0 Å². The minimum Gasteiger partial charge on any atom is -0.255 e. The van der Waals surface area contributed by atoms with Crippen molar-refractivity contribution in [2.75, 3.05) is 0 Å². The van der Waals surface area contributed by atoms with Gasteiger partial charge in [-0.15, -0.1) is 0 Å². The van der Waals surface area contributed by atoms with Crippen LogP contribution in [-0.2, 0) is 7.05 Å². The van der Waals surface area contributed by atoms with E-state index < -0.39 is 0 Å². The molecule has 0 amide bonds. The first-order valence-electron chi connectivity index (χ1n) is 6.83. The summed E-state index contributed by atoms with van der Waals surface area (Å²) in [6, 6.07) is 14.9. The Morgan fingerprint density at radius 2 is 1.61 bits per heavy atom. The Bertz CT molecular complexity index is 951. The standard InChI is InChI=1S/C17H11N6/c1-23-9-5-3-7-15(23)17-16(12-6-2-4-8-20-12)21-13(10-18)14(11-19)22-17/h2-9H,1H3/q+1. The molecule has 0 aliphatic carbocycles. The Labute approximate surface area is 133 Å². The predicted molar refractivity (Wildman–Crippen MR) is 81.3 cm³/mol. The maximum absolute atomic E-state index is 9.23. The summed E-state index contributed by atoms with van der Waals surface area (Å²) in [4.78, 5) is 13.0. The van der Waals surface area contributed by atoms with E-state index in [-0.39, 0.29) is 11.4 Å². The number of nitriles is 2. The monoisotopic (exact) mass is 299 g/mol. The molecule has 0 saturated carbocycles. The van der Waals surface area contributed by atoms with E-state index >= 15 is 0 Å². The van der Waals surface area contributed by atoms with Crippen LogP contribution in [0.5, 0.6) is 0 Å². The summed E-state index contributed by atoms with van der Waals surface area (Å²) >= 11 is 0. The first-order chi connectivity index (χ1) is 11.2. The molecule has 6 heteroatoms. The molecule has 108 valence electrons. The van der Waals surface area contributed by atoms with Gasteiger partial charge in [-0.3, -0.25) is 4.98 Å². The van der Waals surface area contributed by atoms with Crippen LogP contribution in [0, 0.1) is 22.7 Å². The lowest BCUT2D eigenvalue weighted by Crippen LogP contribution is -2.30. The zero-order valence-corrected chi connectivity index (χ0v) is 12.3. The predicted octanol–water partition coefficient (Wildman–Crippen LogP) is 1.77.